The molecule has 0 spiro atoms. The smallest absolute Gasteiger partial charge is 0.337 e. The number of hydrogen-bond acceptors (Lipinski definition) is 25. The normalized spacial score (nSPS) is 12.3. The van der Waals surface area contributed by atoms with Crippen molar-refractivity contribution in [2.45, 2.75) is 79.9 Å². The Bertz CT molecular complexity index is 7050. The molecule has 0 unspecified atom stereocenters. The van der Waals surface area contributed by atoms with Crippen molar-refractivity contribution in [2.24, 2.45) is 25.1 Å². The van der Waals surface area contributed by atoms with Crippen molar-refractivity contribution in [2.75, 3.05) is 83.0 Å². The Hall–Kier alpha value is -14.5. The summed E-state index contributed by atoms with van der Waals surface area (Å²) in [5, 5.41) is 38.0. The van der Waals surface area contributed by atoms with E-state index in [1.807, 2.05) is 118 Å². The zero-order valence-corrected chi connectivity index (χ0v) is 69.4. The Morgan fingerprint density at radius 1 is 0.402 bits per heavy atom. The van der Waals surface area contributed by atoms with Crippen LogP contribution in [0.5, 0.6) is 0 Å². The first-order chi connectivity index (χ1) is 58.2. The number of nitrogens with one attached hydrogen (secondary N) is 8. The Kier molecular flexibility index (Phi) is 25.5. The zero-order chi connectivity index (χ0) is 87.1. The van der Waals surface area contributed by atoms with Crippen LogP contribution in [0.3, 0.4) is 0 Å². The fourth-order valence-corrected chi connectivity index (χ4v) is 14.5. The number of carboxylic acid groups (broad SMARTS) is 2. The van der Waals surface area contributed by atoms with Gasteiger partial charge < -0.3 is 76.7 Å². The maximum absolute atomic E-state index is 12.5. The average molecular weight is 1660 g/mol. The Morgan fingerprint density at radius 3 is 1.07 bits per heavy atom. The molecule has 14 N–H and O–H groups in total. The molecule has 0 atom stereocenters. The Morgan fingerprint density at radius 2 is 0.730 bits per heavy atom. The van der Waals surface area contributed by atoms with Crippen LogP contribution in [-0.4, -0.2) is 123 Å². The van der Waals surface area contributed by atoms with Gasteiger partial charge in [0.25, 0.3) is 22.2 Å². The van der Waals surface area contributed by atoms with E-state index in [2.05, 4.69) is 150 Å². The summed E-state index contributed by atoms with van der Waals surface area (Å²) in [5.41, 5.74) is 25.3. The van der Waals surface area contributed by atoms with Gasteiger partial charge in [0.15, 0.2) is 44.7 Å². The number of sulfonamides is 1. The molecule has 4 aliphatic rings. The highest BCUT2D eigenvalue weighted by atomic mass is 32.2. The highest BCUT2D eigenvalue weighted by molar-refractivity contribution is 7.89. The molecule has 0 fully saturated rings. The van der Waals surface area contributed by atoms with Crippen LogP contribution < -0.4 is 117 Å². The topological polar surface area (TPSA) is 454 Å². The van der Waals surface area contributed by atoms with Gasteiger partial charge in [-0.25, -0.2) is 63.1 Å². The van der Waals surface area contributed by atoms with Crippen molar-refractivity contribution in [3.8, 4) is 0 Å². The zero-order valence-electron chi connectivity index (χ0n) is 68.6. The van der Waals surface area contributed by atoms with Gasteiger partial charge in [-0.3, -0.25) is 19.2 Å². The lowest BCUT2D eigenvalue weighted by Crippen LogP contribution is -2.43. The van der Waals surface area contributed by atoms with E-state index in [0.717, 1.165) is 103 Å². The molecular weight excluding hydrogens is 1570 g/mol. The summed E-state index contributed by atoms with van der Waals surface area (Å²) in [6, 6.07) is 44.5. The number of aromatic carboxylic acids is 2. The first-order valence-corrected chi connectivity index (χ1v) is 40.5. The van der Waals surface area contributed by atoms with Crippen LogP contribution in [0.2, 0.25) is 0 Å². The minimum absolute atomic E-state index is 0.0402. The van der Waals surface area contributed by atoms with Crippen molar-refractivity contribution in [1.29, 1.82) is 0 Å². The van der Waals surface area contributed by atoms with Gasteiger partial charge in [-0.2, -0.15) is 0 Å². The Balaban J connectivity index is 0.000000140. The number of aromatic nitrogens is 8. The first-order valence-electron chi connectivity index (χ1n) is 39.0. The number of anilines is 10. The standard InChI is InChI=1S/C23H23N5O3.C22H24N6O3S.C22H22N6O3.C22H23N5O/c1-13-9-18-19(10-14(13)2)28(21-20(27-18)22(29)26-15(3)25-21)8-7-24-12-16-5-4-6-17(11-16)23(30)31;1-13-10-18-19(11-14(13)2)28(21-20(27-18)22(29)26-15(3)25-21)9-8-24-12-16-4-6-17(7-5-16)32(23,30)31;1-11-8-17-18(9-12(11)2)28(20-19(27-17)21(29)26-13(3)25-20)7-6-24-14-4-5-16(23)15(10-14)22(30)31;1-14-11-18-19(12-15(14)2)27(10-9-23-13-17-7-5-4-6-8-17)21-20(26-18)22(28)25-16(3)24-21/h4-6,9-11,24H,3,7-8,12H2,1-2H3,(H,26,29)(H,30,31);4-7,10-11,24H,3,8-9,12H2,1-2H3,(H,26,29)(H2,23,30,31);4-5,8-10,24H,3,6-7,23H2,1-2H3,(H,26,29)(H,30,31);4-8,11-12,23H,3,9-10,13H2,1-2H3,(H,25,28). The molecule has 122 heavy (non-hydrogen) atoms. The predicted molar refractivity (Wildman–Crippen MR) is 474 cm³/mol. The second-order valence-electron chi connectivity index (χ2n) is 29.7. The number of nitrogen functional groups attached to an aromatic ring is 1. The second kappa shape index (κ2) is 36.4. The molecule has 0 bridgehead atoms. The average Bonchev–Trinajstić information content (AvgIpc) is 0.770. The highest BCUT2D eigenvalue weighted by Crippen LogP contribution is 2.41. The molecule has 8 heterocycles. The van der Waals surface area contributed by atoms with Gasteiger partial charge in [0, 0.05) is 83.4 Å². The number of H-pyrrole nitrogens is 4. The lowest BCUT2D eigenvalue weighted by atomic mass is 10.1. The van der Waals surface area contributed by atoms with Gasteiger partial charge in [-0.05, 0) is 208 Å². The van der Waals surface area contributed by atoms with Crippen LogP contribution in [0.4, 0.5) is 80.1 Å². The molecule has 0 aliphatic carbocycles. The molecule has 0 saturated carbocycles. The third kappa shape index (κ3) is 19.4. The second-order valence-corrected chi connectivity index (χ2v) is 31.3. The number of nitrogens with two attached hydrogens (primary N) is 2. The summed E-state index contributed by atoms with van der Waals surface area (Å²) in [4.78, 5) is 127. The number of aromatic amines is 4. The molecule has 16 rings (SSSR count). The number of rotatable bonds is 22. The number of carboxylic acids is 2. The van der Waals surface area contributed by atoms with E-state index in [-0.39, 0.29) is 76.5 Å². The molecule has 624 valence electrons. The van der Waals surface area contributed by atoms with Gasteiger partial charge >= 0.3 is 11.9 Å². The molecule has 0 amide bonds. The molecule has 0 radical (unpaired) electrons. The van der Waals surface area contributed by atoms with E-state index in [9.17, 15) is 42.3 Å². The maximum Gasteiger partial charge on any atom is 0.337 e. The van der Waals surface area contributed by atoms with E-state index >= 15 is 0 Å². The molecule has 32 nitrogen and oxygen atoms in total. The van der Waals surface area contributed by atoms with Crippen molar-refractivity contribution in [3.05, 3.63) is 303 Å². The first kappa shape index (κ1) is 85.4. The lowest BCUT2D eigenvalue weighted by Gasteiger charge is -2.29. The molecular formula is C89H92N22O10S. The molecule has 4 aliphatic heterocycles. The number of carbonyl (C=O) groups is 2. The maximum atomic E-state index is 12.5. The lowest BCUT2D eigenvalue weighted by molar-refractivity contribution is 0.0686. The fraction of sp³-hybridized carbons (Fsp3) is 0.213. The van der Waals surface area contributed by atoms with Gasteiger partial charge in [0.2, 0.25) is 10.0 Å². The van der Waals surface area contributed by atoms with Crippen molar-refractivity contribution >= 4 is 128 Å². The number of hydrogen-bond donors (Lipinski definition) is 12. The summed E-state index contributed by atoms with van der Waals surface area (Å²) < 4.78 is 22.8. The quantitative estimate of drug-likeness (QED) is 0.0277. The molecule has 33 heteroatoms. The third-order valence-corrected chi connectivity index (χ3v) is 21.9. The number of aryl methyl sites for hydroxylation is 8. The van der Waals surface area contributed by atoms with Crippen molar-refractivity contribution < 1.29 is 28.2 Å². The minimum Gasteiger partial charge on any atom is -0.478 e. The number of fused-ring (bicyclic) bond motifs is 8. The van der Waals surface area contributed by atoms with Crippen LogP contribution in [0, 0.1) is 55.4 Å². The summed E-state index contributed by atoms with van der Waals surface area (Å²) in [7, 11) is -3.71. The molecule has 12 aromatic rings. The van der Waals surface area contributed by atoms with E-state index in [0.29, 0.717) is 104 Å². The summed E-state index contributed by atoms with van der Waals surface area (Å²) in [6.45, 7) is 37.8. The monoisotopic (exact) mass is 1660 g/mol. The van der Waals surface area contributed by atoms with E-state index in [1.165, 1.54) is 29.3 Å². The van der Waals surface area contributed by atoms with Crippen LogP contribution in [0.1, 0.15) is 81.9 Å². The van der Waals surface area contributed by atoms with Gasteiger partial charge in [0.1, 0.15) is 21.9 Å². The number of benzene rings is 8. The van der Waals surface area contributed by atoms with Crippen LogP contribution in [0.25, 0.3) is 26.3 Å². The van der Waals surface area contributed by atoms with Crippen LogP contribution in [0.15, 0.2) is 190 Å². The van der Waals surface area contributed by atoms with Gasteiger partial charge in [0.05, 0.1) is 61.5 Å². The molecule has 8 aromatic carbocycles. The minimum atomic E-state index is -3.71. The Labute approximate surface area is 699 Å². The van der Waals surface area contributed by atoms with E-state index < -0.39 is 22.0 Å². The van der Waals surface area contributed by atoms with Gasteiger partial charge in [-0.1, -0.05) is 80.9 Å². The summed E-state index contributed by atoms with van der Waals surface area (Å²) in [6.07, 6.45) is 0. The number of primary sulfonamides is 1. The van der Waals surface area contributed by atoms with Crippen LogP contribution in [-0.2, 0) is 29.7 Å². The largest absolute Gasteiger partial charge is 0.478 e. The van der Waals surface area contributed by atoms with E-state index in [1.54, 1.807) is 42.5 Å². The van der Waals surface area contributed by atoms with Crippen LogP contribution >= 0.6 is 0 Å². The van der Waals surface area contributed by atoms with Crippen molar-refractivity contribution in [1.82, 2.24) is 55.8 Å². The molecule has 0 saturated heterocycles. The van der Waals surface area contributed by atoms with Crippen molar-refractivity contribution in [3.63, 3.8) is 0 Å². The fourth-order valence-electron chi connectivity index (χ4n) is 14.0. The highest BCUT2D eigenvalue weighted by Gasteiger charge is 2.29. The summed E-state index contributed by atoms with van der Waals surface area (Å²) >= 11 is 0. The molecule has 4 aromatic heterocycles. The van der Waals surface area contributed by atoms with Gasteiger partial charge in [-0.15, -0.1) is 0 Å². The SMILES string of the molecule is C=c1nc2c(c(=O)[nH]1)=Nc1cc(C)c(C)cc1N2CCNCc1ccc(S(N)(=O)=O)cc1.C=c1nc2c(c(=O)[nH]1)=Nc1cc(C)c(C)cc1N2CCNCc1cccc(C(=O)O)c1.C=c1nc2c(c(=O)[nH]1)=Nc1cc(C)c(C)cc1N2CCNCc1ccccc1.C=c1nc2c(c(=O)[nH]1)=Nc1cc(C)c(C)cc1N2CCNc1ccc(N)c(C(=O)O)c1. The summed E-state index contributed by atoms with van der Waals surface area (Å²) in [5.74, 6) is -0.0641. The predicted octanol–water partition coefficient (Wildman–Crippen LogP) is 5.91. The third-order valence-electron chi connectivity index (χ3n) is 20.9. The van der Waals surface area contributed by atoms with E-state index in [4.69, 9.17) is 16.0 Å². The number of nitrogens with zero attached hydrogens (tertiary/aromatic N) is 12.